The maximum atomic E-state index is 12.8. The molecule has 1 aliphatic rings. The molecule has 3 rings (SSSR count). The van der Waals surface area contributed by atoms with Gasteiger partial charge < -0.3 is 19.5 Å². The van der Waals surface area contributed by atoms with Crippen molar-refractivity contribution < 1.29 is 23.8 Å². The first-order valence-corrected chi connectivity index (χ1v) is 8.93. The number of ether oxygens (including phenoxy) is 3. The first-order valence-electron chi connectivity index (χ1n) is 8.93. The molecule has 0 amide bonds. The molecule has 2 unspecified atom stereocenters. The van der Waals surface area contributed by atoms with Crippen LogP contribution in [-0.2, 0) is 14.3 Å². The quantitative estimate of drug-likeness (QED) is 0.609. The van der Waals surface area contributed by atoms with E-state index >= 15 is 0 Å². The summed E-state index contributed by atoms with van der Waals surface area (Å²) < 4.78 is 15.6. The highest BCUT2D eigenvalue weighted by atomic mass is 16.5. The molecule has 6 nitrogen and oxygen atoms in total. The standard InChI is InChI=1S/C22H23NO5/c1-26-16-9-10-20(27-2)18(13-16)23-15-11-17(14-7-5-4-6-8-14)21(19(24)12-15)22(25)28-3/h4-10,12-13,17,21,23H,11H2,1-3H3. The Hall–Kier alpha value is -3.28. The van der Waals surface area contributed by atoms with Crippen LogP contribution in [0.5, 0.6) is 11.5 Å². The van der Waals surface area contributed by atoms with Crippen molar-refractivity contribution >= 4 is 17.4 Å². The van der Waals surface area contributed by atoms with Crippen molar-refractivity contribution in [3.05, 3.63) is 65.9 Å². The minimum Gasteiger partial charge on any atom is -0.497 e. The van der Waals surface area contributed by atoms with Gasteiger partial charge in [0.25, 0.3) is 0 Å². The molecule has 2 aromatic carbocycles. The molecule has 28 heavy (non-hydrogen) atoms. The minimum atomic E-state index is -0.856. The van der Waals surface area contributed by atoms with Gasteiger partial charge in [0.05, 0.1) is 27.0 Å². The van der Waals surface area contributed by atoms with Crippen molar-refractivity contribution in [2.75, 3.05) is 26.6 Å². The van der Waals surface area contributed by atoms with Crippen molar-refractivity contribution in [3.8, 4) is 11.5 Å². The number of esters is 1. The van der Waals surface area contributed by atoms with E-state index in [1.807, 2.05) is 30.3 Å². The third-order valence-corrected chi connectivity index (χ3v) is 4.85. The number of allylic oxidation sites excluding steroid dienone is 2. The van der Waals surface area contributed by atoms with Gasteiger partial charge >= 0.3 is 5.97 Å². The van der Waals surface area contributed by atoms with E-state index in [1.165, 1.54) is 13.2 Å². The maximum Gasteiger partial charge on any atom is 0.317 e. The molecule has 0 heterocycles. The van der Waals surface area contributed by atoms with Gasteiger partial charge in [-0.05, 0) is 24.1 Å². The fourth-order valence-electron chi connectivity index (χ4n) is 3.46. The molecular weight excluding hydrogens is 358 g/mol. The molecular formula is C22H23NO5. The van der Waals surface area contributed by atoms with Crippen molar-refractivity contribution in [2.24, 2.45) is 5.92 Å². The van der Waals surface area contributed by atoms with Gasteiger partial charge in [-0.3, -0.25) is 9.59 Å². The fraction of sp³-hybridized carbons (Fsp3) is 0.273. The van der Waals surface area contributed by atoms with Gasteiger partial charge in [0, 0.05) is 23.8 Å². The second-order valence-corrected chi connectivity index (χ2v) is 6.49. The van der Waals surface area contributed by atoms with E-state index in [2.05, 4.69) is 5.32 Å². The lowest BCUT2D eigenvalue weighted by molar-refractivity contribution is -0.149. The average Bonchev–Trinajstić information content (AvgIpc) is 2.73. The van der Waals surface area contributed by atoms with Crippen LogP contribution in [-0.4, -0.2) is 33.1 Å². The number of ketones is 1. The van der Waals surface area contributed by atoms with Gasteiger partial charge in [-0.1, -0.05) is 30.3 Å². The van der Waals surface area contributed by atoms with E-state index in [1.54, 1.807) is 32.4 Å². The van der Waals surface area contributed by atoms with Crippen LogP contribution in [0.3, 0.4) is 0 Å². The highest BCUT2D eigenvalue weighted by molar-refractivity contribution is 6.07. The van der Waals surface area contributed by atoms with Crippen LogP contribution in [0.15, 0.2) is 60.3 Å². The van der Waals surface area contributed by atoms with Crippen molar-refractivity contribution in [2.45, 2.75) is 12.3 Å². The molecule has 0 bridgehead atoms. The number of hydrogen-bond acceptors (Lipinski definition) is 6. The number of nitrogens with one attached hydrogen (secondary N) is 1. The lowest BCUT2D eigenvalue weighted by Crippen LogP contribution is -2.34. The van der Waals surface area contributed by atoms with E-state index in [0.29, 0.717) is 29.3 Å². The zero-order valence-electron chi connectivity index (χ0n) is 16.1. The summed E-state index contributed by atoms with van der Waals surface area (Å²) in [6.45, 7) is 0. The van der Waals surface area contributed by atoms with Crippen molar-refractivity contribution in [1.82, 2.24) is 0 Å². The molecule has 0 aliphatic heterocycles. The predicted octanol–water partition coefficient (Wildman–Crippen LogP) is 3.55. The van der Waals surface area contributed by atoms with Crippen LogP contribution < -0.4 is 14.8 Å². The summed E-state index contributed by atoms with van der Waals surface area (Å²) in [5.74, 6) is -0.682. The summed E-state index contributed by atoms with van der Waals surface area (Å²) >= 11 is 0. The zero-order valence-corrected chi connectivity index (χ0v) is 16.1. The highest BCUT2D eigenvalue weighted by Crippen LogP contribution is 2.38. The summed E-state index contributed by atoms with van der Waals surface area (Å²) in [5.41, 5.74) is 2.30. The summed E-state index contributed by atoms with van der Waals surface area (Å²) in [5, 5.41) is 3.27. The lowest BCUT2D eigenvalue weighted by Gasteiger charge is -2.29. The number of anilines is 1. The van der Waals surface area contributed by atoms with Crippen LogP contribution in [0.25, 0.3) is 0 Å². The van der Waals surface area contributed by atoms with Gasteiger partial charge in [-0.15, -0.1) is 0 Å². The molecule has 0 radical (unpaired) electrons. The minimum absolute atomic E-state index is 0.281. The molecule has 0 spiro atoms. The first kappa shape index (κ1) is 19.5. The zero-order chi connectivity index (χ0) is 20.1. The number of rotatable bonds is 6. The average molecular weight is 381 g/mol. The number of hydrogen-bond donors (Lipinski definition) is 1. The SMILES string of the molecule is COC(=O)C1C(=O)C=C(Nc2cc(OC)ccc2OC)CC1c1ccccc1. The molecule has 0 saturated heterocycles. The third kappa shape index (κ3) is 4.01. The second kappa shape index (κ2) is 8.61. The number of carbonyl (C=O) groups excluding carboxylic acids is 2. The molecule has 0 aromatic heterocycles. The van der Waals surface area contributed by atoms with Gasteiger partial charge in [-0.2, -0.15) is 0 Å². The second-order valence-electron chi connectivity index (χ2n) is 6.49. The van der Waals surface area contributed by atoms with Gasteiger partial charge in [0.1, 0.15) is 17.4 Å². The Morgan fingerprint density at radius 3 is 2.43 bits per heavy atom. The molecule has 2 aromatic rings. The number of benzene rings is 2. The van der Waals surface area contributed by atoms with E-state index in [0.717, 1.165) is 5.56 Å². The molecule has 6 heteroatoms. The Balaban J connectivity index is 1.95. The number of methoxy groups -OCH3 is 3. The molecule has 1 N–H and O–H groups in total. The Kier molecular flexibility index (Phi) is 5.99. The van der Waals surface area contributed by atoms with Gasteiger partial charge in [0.15, 0.2) is 5.78 Å². The van der Waals surface area contributed by atoms with Crippen LogP contribution in [0.2, 0.25) is 0 Å². The summed E-state index contributed by atoms with van der Waals surface area (Å²) in [6.07, 6.45) is 1.95. The Morgan fingerprint density at radius 2 is 1.79 bits per heavy atom. The topological polar surface area (TPSA) is 73.9 Å². The normalized spacial score (nSPS) is 18.8. The monoisotopic (exact) mass is 381 g/mol. The summed E-state index contributed by atoms with van der Waals surface area (Å²) in [6, 6.07) is 14.9. The summed E-state index contributed by atoms with van der Waals surface area (Å²) in [4.78, 5) is 25.1. The predicted molar refractivity (Wildman–Crippen MR) is 106 cm³/mol. The van der Waals surface area contributed by atoms with Crippen molar-refractivity contribution in [3.63, 3.8) is 0 Å². The Morgan fingerprint density at radius 1 is 1.04 bits per heavy atom. The van der Waals surface area contributed by atoms with E-state index in [9.17, 15) is 9.59 Å². The Labute approximate surface area is 164 Å². The van der Waals surface area contributed by atoms with E-state index in [-0.39, 0.29) is 11.7 Å². The Bertz CT molecular complexity index is 891. The fourth-order valence-corrected chi connectivity index (χ4v) is 3.46. The first-order chi connectivity index (χ1) is 13.6. The van der Waals surface area contributed by atoms with Gasteiger partial charge in [-0.25, -0.2) is 0 Å². The third-order valence-electron chi connectivity index (χ3n) is 4.85. The maximum absolute atomic E-state index is 12.8. The molecule has 0 fully saturated rings. The van der Waals surface area contributed by atoms with Crippen LogP contribution in [0.1, 0.15) is 17.9 Å². The van der Waals surface area contributed by atoms with Gasteiger partial charge in [0.2, 0.25) is 0 Å². The van der Waals surface area contributed by atoms with Crippen LogP contribution >= 0.6 is 0 Å². The molecule has 146 valence electrons. The smallest absolute Gasteiger partial charge is 0.317 e. The van der Waals surface area contributed by atoms with E-state index < -0.39 is 11.9 Å². The van der Waals surface area contributed by atoms with E-state index in [4.69, 9.17) is 14.2 Å². The largest absolute Gasteiger partial charge is 0.497 e. The highest BCUT2D eigenvalue weighted by Gasteiger charge is 2.39. The summed E-state index contributed by atoms with van der Waals surface area (Å²) in [7, 11) is 4.46. The van der Waals surface area contributed by atoms with Crippen LogP contribution in [0.4, 0.5) is 5.69 Å². The van der Waals surface area contributed by atoms with Crippen molar-refractivity contribution in [1.29, 1.82) is 0 Å². The lowest BCUT2D eigenvalue weighted by atomic mass is 9.76. The molecule has 1 aliphatic carbocycles. The molecule has 2 atom stereocenters. The van der Waals surface area contributed by atoms with Crippen LogP contribution in [0, 0.1) is 5.92 Å². The molecule has 0 saturated carbocycles. The number of carbonyl (C=O) groups is 2.